The predicted octanol–water partition coefficient (Wildman–Crippen LogP) is 2.23. The summed E-state index contributed by atoms with van der Waals surface area (Å²) in [5.74, 6) is -0.456. The van der Waals surface area contributed by atoms with Crippen LogP contribution in [-0.4, -0.2) is 5.78 Å². The van der Waals surface area contributed by atoms with Gasteiger partial charge in [-0.15, -0.1) is 0 Å². The standard InChI is InChI=1S/C8H5ClO/c1-6(10)7-3-2-4-8(9)5-7/h1-5H. The molecule has 0 bridgehead atoms. The maximum atomic E-state index is 10.5. The van der Waals surface area contributed by atoms with Crippen molar-refractivity contribution in [3.05, 3.63) is 41.8 Å². The van der Waals surface area contributed by atoms with Gasteiger partial charge in [0.05, 0.1) is 0 Å². The van der Waals surface area contributed by atoms with Gasteiger partial charge in [-0.25, -0.2) is 0 Å². The summed E-state index contributed by atoms with van der Waals surface area (Å²) in [5, 5.41) is 0.524. The Morgan fingerprint density at radius 2 is 2.20 bits per heavy atom. The molecule has 0 aliphatic heterocycles. The molecule has 0 fully saturated rings. The molecule has 0 amide bonds. The highest BCUT2D eigenvalue weighted by Gasteiger charge is 1.97. The van der Waals surface area contributed by atoms with E-state index in [1.54, 1.807) is 18.2 Å². The average Bonchev–Trinajstić information content (AvgIpc) is 1.88. The molecule has 0 saturated carbocycles. The maximum Gasteiger partial charge on any atom is 0.167 e. The Labute approximate surface area is 64.6 Å². The molecule has 0 unspecified atom stereocenters. The Kier molecular flexibility index (Phi) is 2.07. The van der Waals surface area contributed by atoms with Crippen molar-refractivity contribution in [1.82, 2.24) is 0 Å². The molecule has 0 aliphatic carbocycles. The molecular weight excluding hydrogens is 148 g/mol. The van der Waals surface area contributed by atoms with E-state index in [1.165, 1.54) is 6.07 Å². The fourth-order valence-electron chi connectivity index (χ4n) is 0.642. The number of Topliss-reactive ketones (excluding diaryl/α,β-unsaturated/α-hetero) is 1. The first-order valence-corrected chi connectivity index (χ1v) is 3.13. The Hall–Kier alpha value is -0.820. The van der Waals surface area contributed by atoms with E-state index in [0.29, 0.717) is 10.6 Å². The van der Waals surface area contributed by atoms with Crippen LogP contribution in [0.15, 0.2) is 24.3 Å². The van der Waals surface area contributed by atoms with Gasteiger partial charge in [-0.2, -0.15) is 0 Å². The van der Waals surface area contributed by atoms with Crippen LogP contribution < -0.4 is 0 Å². The molecule has 0 N–H and O–H groups in total. The van der Waals surface area contributed by atoms with E-state index in [2.05, 4.69) is 0 Å². The van der Waals surface area contributed by atoms with E-state index in [9.17, 15) is 4.79 Å². The van der Waals surface area contributed by atoms with Crippen LogP contribution >= 0.6 is 11.6 Å². The van der Waals surface area contributed by atoms with Crippen LogP contribution in [0.2, 0.25) is 5.02 Å². The second-order valence-corrected chi connectivity index (χ2v) is 2.31. The van der Waals surface area contributed by atoms with Gasteiger partial charge in [-0.1, -0.05) is 23.7 Å². The van der Waals surface area contributed by atoms with Crippen molar-refractivity contribution in [3.8, 4) is 0 Å². The van der Waals surface area contributed by atoms with Crippen molar-refractivity contribution in [3.63, 3.8) is 0 Å². The van der Waals surface area contributed by atoms with E-state index in [1.807, 2.05) is 0 Å². The lowest BCUT2D eigenvalue weighted by Crippen LogP contribution is -1.90. The molecule has 10 heavy (non-hydrogen) atoms. The number of rotatable bonds is 1. The maximum absolute atomic E-state index is 10.5. The first-order chi connectivity index (χ1) is 4.70. The van der Waals surface area contributed by atoms with Crippen molar-refractivity contribution < 1.29 is 4.79 Å². The van der Waals surface area contributed by atoms with Crippen LogP contribution in [-0.2, 0) is 0 Å². The molecule has 1 aromatic carbocycles. The van der Waals surface area contributed by atoms with Crippen LogP contribution in [0.5, 0.6) is 0 Å². The lowest BCUT2D eigenvalue weighted by Gasteiger charge is -1.93. The highest BCUT2D eigenvalue weighted by molar-refractivity contribution is 6.31. The normalized spacial score (nSPS) is 9.40. The molecule has 1 nitrogen and oxygen atoms in total. The van der Waals surface area contributed by atoms with Crippen LogP contribution in [0.1, 0.15) is 10.4 Å². The number of carbonyl (C=O) groups is 1. The van der Waals surface area contributed by atoms with Crippen LogP contribution in [0.4, 0.5) is 0 Å². The Morgan fingerprint density at radius 3 is 2.60 bits per heavy atom. The van der Waals surface area contributed by atoms with Gasteiger partial charge in [0.15, 0.2) is 5.78 Å². The van der Waals surface area contributed by atoms with Crippen molar-refractivity contribution in [2.45, 2.75) is 0 Å². The number of benzene rings is 1. The SMILES string of the molecule is [CH]C(=O)c1cccc(Cl)c1. The van der Waals surface area contributed by atoms with E-state index in [0.717, 1.165) is 0 Å². The van der Waals surface area contributed by atoms with Gasteiger partial charge in [-0.3, -0.25) is 4.79 Å². The lowest BCUT2D eigenvalue weighted by molar-refractivity contribution is 0.104. The second kappa shape index (κ2) is 2.84. The third-order valence-corrected chi connectivity index (χ3v) is 1.34. The molecule has 0 heterocycles. The van der Waals surface area contributed by atoms with Gasteiger partial charge in [0.2, 0.25) is 0 Å². The summed E-state index contributed by atoms with van der Waals surface area (Å²) in [4.78, 5) is 10.5. The fourth-order valence-corrected chi connectivity index (χ4v) is 0.832. The molecule has 2 radical (unpaired) electrons. The molecule has 1 aromatic rings. The number of carbonyl (C=O) groups excluding carboxylic acids is 1. The summed E-state index contributed by atoms with van der Waals surface area (Å²) in [5.41, 5.74) is 0.438. The second-order valence-electron chi connectivity index (χ2n) is 1.87. The molecule has 2 heteroatoms. The van der Waals surface area contributed by atoms with Crippen molar-refractivity contribution in [1.29, 1.82) is 0 Å². The average molecular weight is 153 g/mol. The predicted molar refractivity (Wildman–Crippen MR) is 40.1 cm³/mol. The van der Waals surface area contributed by atoms with Crippen LogP contribution in [0, 0.1) is 6.92 Å². The first kappa shape index (κ1) is 7.29. The Morgan fingerprint density at radius 1 is 1.50 bits per heavy atom. The largest absolute Gasteiger partial charge is 0.294 e. The third kappa shape index (κ3) is 1.58. The molecule has 0 saturated heterocycles. The zero-order valence-corrected chi connectivity index (χ0v) is 5.93. The Balaban J connectivity index is 3.07. The first-order valence-electron chi connectivity index (χ1n) is 2.75. The summed E-state index contributed by atoms with van der Waals surface area (Å²) >= 11 is 5.58. The van der Waals surface area contributed by atoms with Gasteiger partial charge in [0.1, 0.15) is 0 Å². The zero-order chi connectivity index (χ0) is 7.56. The minimum atomic E-state index is -0.456. The zero-order valence-electron chi connectivity index (χ0n) is 5.17. The van der Waals surface area contributed by atoms with E-state index in [-0.39, 0.29) is 0 Å². The monoisotopic (exact) mass is 152 g/mol. The summed E-state index contributed by atoms with van der Waals surface area (Å²) in [6, 6.07) is 6.52. The van der Waals surface area contributed by atoms with Crippen molar-refractivity contribution in [2.24, 2.45) is 0 Å². The fraction of sp³-hybridized carbons (Fsp3) is 0. The van der Waals surface area contributed by atoms with Gasteiger partial charge >= 0.3 is 0 Å². The van der Waals surface area contributed by atoms with Gasteiger partial charge in [0.25, 0.3) is 0 Å². The number of hydrogen-bond acceptors (Lipinski definition) is 1. The lowest BCUT2D eigenvalue weighted by atomic mass is 10.2. The van der Waals surface area contributed by atoms with Crippen molar-refractivity contribution >= 4 is 17.4 Å². The number of halogens is 1. The molecule has 0 aliphatic rings. The van der Waals surface area contributed by atoms with Crippen LogP contribution in [0.3, 0.4) is 0 Å². The summed E-state index contributed by atoms with van der Waals surface area (Å²) in [7, 11) is 0. The number of ketones is 1. The van der Waals surface area contributed by atoms with E-state index in [4.69, 9.17) is 18.5 Å². The highest BCUT2D eigenvalue weighted by Crippen LogP contribution is 2.10. The minimum Gasteiger partial charge on any atom is -0.294 e. The molecule has 0 aromatic heterocycles. The van der Waals surface area contributed by atoms with Crippen LogP contribution in [0.25, 0.3) is 0 Å². The minimum absolute atomic E-state index is 0.438. The van der Waals surface area contributed by atoms with E-state index >= 15 is 0 Å². The molecule has 0 atom stereocenters. The van der Waals surface area contributed by atoms with Gasteiger partial charge < -0.3 is 0 Å². The smallest absolute Gasteiger partial charge is 0.167 e. The molecule has 1 rings (SSSR count). The summed E-state index contributed by atoms with van der Waals surface area (Å²) in [6.07, 6.45) is 0. The quantitative estimate of drug-likeness (QED) is 0.564. The van der Waals surface area contributed by atoms with Gasteiger partial charge in [-0.05, 0) is 12.1 Å². The molecule has 50 valence electrons. The van der Waals surface area contributed by atoms with E-state index < -0.39 is 5.78 Å². The third-order valence-electron chi connectivity index (χ3n) is 1.11. The highest BCUT2D eigenvalue weighted by atomic mass is 35.5. The molecular formula is C8H5ClO. The van der Waals surface area contributed by atoms with Crippen molar-refractivity contribution in [2.75, 3.05) is 0 Å². The topological polar surface area (TPSA) is 17.1 Å². The Bertz CT molecular complexity index is 255. The van der Waals surface area contributed by atoms with Gasteiger partial charge in [0, 0.05) is 17.5 Å². The summed E-state index contributed by atoms with van der Waals surface area (Å²) < 4.78 is 0. The summed E-state index contributed by atoms with van der Waals surface area (Å²) in [6.45, 7) is 4.99. The molecule has 0 spiro atoms. The number of hydrogen-bond donors (Lipinski definition) is 0.